The van der Waals surface area contributed by atoms with Gasteiger partial charge in [0.1, 0.15) is 0 Å². The van der Waals surface area contributed by atoms with Crippen molar-refractivity contribution in [1.29, 1.82) is 0 Å². The molecule has 0 radical (unpaired) electrons. The SMILES string of the molecule is Cc1c(Cl)cccc1N=C1SCCN1C(=O)CN(C)S(=O)(=O)c1ccc(Cl)cc1. The lowest BCUT2D eigenvalue weighted by Gasteiger charge is -2.21. The van der Waals surface area contributed by atoms with Crippen molar-refractivity contribution in [2.75, 3.05) is 25.9 Å². The molecule has 0 aromatic heterocycles. The molecular weight excluding hydrogens is 453 g/mol. The Kier molecular flexibility index (Phi) is 6.90. The van der Waals surface area contributed by atoms with Gasteiger partial charge in [0, 0.05) is 29.4 Å². The Bertz CT molecular complexity index is 1060. The summed E-state index contributed by atoms with van der Waals surface area (Å²) in [4.78, 5) is 19.0. The highest BCUT2D eigenvalue weighted by Gasteiger charge is 2.30. The fraction of sp³-hybridized carbons (Fsp3) is 0.263. The van der Waals surface area contributed by atoms with Crippen molar-refractivity contribution >= 4 is 61.7 Å². The number of benzene rings is 2. The summed E-state index contributed by atoms with van der Waals surface area (Å²) in [5.74, 6) is 0.353. The van der Waals surface area contributed by atoms with E-state index in [9.17, 15) is 13.2 Å². The second-order valence-electron chi connectivity index (χ2n) is 6.39. The Morgan fingerprint density at radius 3 is 2.59 bits per heavy atom. The lowest BCUT2D eigenvalue weighted by molar-refractivity contribution is -0.126. The van der Waals surface area contributed by atoms with Crippen LogP contribution in [0.2, 0.25) is 10.0 Å². The molecule has 154 valence electrons. The van der Waals surface area contributed by atoms with Crippen LogP contribution in [-0.2, 0) is 14.8 Å². The first-order valence-electron chi connectivity index (χ1n) is 8.69. The maximum Gasteiger partial charge on any atom is 0.243 e. The molecule has 1 fully saturated rings. The Morgan fingerprint density at radius 1 is 1.21 bits per heavy atom. The molecule has 2 aromatic carbocycles. The minimum Gasteiger partial charge on any atom is -0.289 e. The van der Waals surface area contributed by atoms with Gasteiger partial charge in [0.05, 0.1) is 17.1 Å². The largest absolute Gasteiger partial charge is 0.289 e. The number of amides is 1. The van der Waals surface area contributed by atoms with E-state index in [1.165, 1.54) is 48.0 Å². The Morgan fingerprint density at radius 2 is 1.90 bits per heavy atom. The molecule has 0 spiro atoms. The van der Waals surface area contributed by atoms with E-state index in [0.717, 1.165) is 9.87 Å². The highest BCUT2D eigenvalue weighted by atomic mass is 35.5. The average Bonchev–Trinajstić information content (AvgIpc) is 3.14. The molecule has 0 unspecified atom stereocenters. The number of sulfonamides is 1. The van der Waals surface area contributed by atoms with Crippen molar-refractivity contribution in [2.45, 2.75) is 11.8 Å². The van der Waals surface area contributed by atoms with E-state index < -0.39 is 10.0 Å². The quantitative estimate of drug-likeness (QED) is 0.655. The van der Waals surface area contributed by atoms with Crippen LogP contribution in [-0.4, -0.2) is 54.6 Å². The number of halogens is 2. The summed E-state index contributed by atoms with van der Waals surface area (Å²) in [7, 11) is -2.43. The summed E-state index contributed by atoms with van der Waals surface area (Å²) in [5, 5.41) is 1.58. The average molecular weight is 472 g/mol. The zero-order chi connectivity index (χ0) is 21.2. The lowest BCUT2D eigenvalue weighted by atomic mass is 10.2. The molecule has 1 aliphatic rings. The van der Waals surface area contributed by atoms with Crippen LogP contribution in [0, 0.1) is 6.92 Å². The van der Waals surface area contributed by atoms with Crippen LogP contribution >= 0.6 is 35.0 Å². The monoisotopic (exact) mass is 471 g/mol. The van der Waals surface area contributed by atoms with E-state index in [1.54, 1.807) is 12.1 Å². The smallest absolute Gasteiger partial charge is 0.243 e. The van der Waals surface area contributed by atoms with Crippen LogP contribution < -0.4 is 0 Å². The number of rotatable bonds is 5. The fourth-order valence-corrected chi connectivity index (χ4v) is 5.08. The third-order valence-electron chi connectivity index (χ3n) is 4.41. The molecule has 1 heterocycles. The number of aliphatic imine (C=N–C) groups is 1. The number of thioether (sulfide) groups is 1. The van der Waals surface area contributed by atoms with Gasteiger partial charge in [0.25, 0.3) is 0 Å². The maximum atomic E-state index is 12.8. The molecule has 1 saturated heterocycles. The number of nitrogens with zero attached hydrogens (tertiary/aromatic N) is 3. The number of amidine groups is 1. The first-order valence-corrected chi connectivity index (χ1v) is 11.9. The van der Waals surface area contributed by atoms with Crippen molar-refractivity contribution in [3.05, 3.63) is 58.1 Å². The molecule has 0 aliphatic carbocycles. The summed E-state index contributed by atoms with van der Waals surface area (Å²) in [6.07, 6.45) is 0. The molecule has 0 saturated carbocycles. The van der Waals surface area contributed by atoms with Gasteiger partial charge in [0.2, 0.25) is 15.9 Å². The highest BCUT2D eigenvalue weighted by Crippen LogP contribution is 2.29. The Labute approximate surface area is 184 Å². The summed E-state index contributed by atoms with van der Waals surface area (Å²) < 4.78 is 26.5. The Hall–Kier alpha value is -1.58. The van der Waals surface area contributed by atoms with Crippen molar-refractivity contribution < 1.29 is 13.2 Å². The first kappa shape index (κ1) is 22.1. The fourth-order valence-electron chi connectivity index (χ4n) is 2.69. The van der Waals surface area contributed by atoms with E-state index >= 15 is 0 Å². The van der Waals surface area contributed by atoms with E-state index in [-0.39, 0.29) is 17.3 Å². The van der Waals surface area contributed by atoms with Crippen molar-refractivity contribution in [2.24, 2.45) is 4.99 Å². The third-order valence-corrected chi connectivity index (χ3v) is 7.85. The zero-order valence-corrected chi connectivity index (χ0v) is 18.9. The normalized spacial score (nSPS) is 16.0. The Balaban J connectivity index is 1.78. The van der Waals surface area contributed by atoms with Crippen LogP contribution in [0.1, 0.15) is 5.56 Å². The molecule has 1 amide bonds. The van der Waals surface area contributed by atoms with Crippen LogP contribution in [0.15, 0.2) is 52.4 Å². The van der Waals surface area contributed by atoms with E-state index in [4.69, 9.17) is 23.2 Å². The predicted molar refractivity (Wildman–Crippen MR) is 119 cm³/mol. The summed E-state index contributed by atoms with van der Waals surface area (Å²) in [6.45, 7) is 2.04. The van der Waals surface area contributed by atoms with Crippen molar-refractivity contribution in [3.63, 3.8) is 0 Å². The summed E-state index contributed by atoms with van der Waals surface area (Å²) >= 11 is 13.4. The molecule has 6 nitrogen and oxygen atoms in total. The van der Waals surface area contributed by atoms with Crippen LogP contribution in [0.5, 0.6) is 0 Å². The van der Waals surface area contributed by atoms with Gasteiger partial charge in [-0.2, -0.15) is 4.31 Å². The molecule has 3 rings (SSSR count). The molecule has 2 aromatic rings. The molecule has 0 N–H and O–H groups in total. The standard InChI is InChI=1S/C19H19Cl2N3O3S2/c1-13-16(21)4-3-5-17(13)22-19-24(10-11-28-19)18(25)12-23(2)29(26,27)15-8-6-14(20)7-9-15/h3-9H,10-12H2,1-2H3. The molecular formula is C19H19Cl2N3O3S2. The second kappa shape index (κ2) is 9.06. The van der Waals surface area contributed by atoms with Gasteiger partial charge in [-0.25, -0.2) is 13.4 Å². The zero-order valence-electron chi connectivity index (χ0n) is 15.8. The van der Waals surface area contributed by atoms with Crippen LogP contribution in [0.4, 0.5) is 5.69 Å². The van der Waals surface area contributed by atoms with Crippen molar-refractivity contribution in [3.8, 4) is 0 Å². The summed E-state index contributed by atoms with van der Waals surface area (Å²) in [6, 6.07) is 11.2. The molecule has 29 heavy (non-hydrogen) atoms. The number of hydrogen-bond acceptors (Lipinski definition) is 5. The van der Waals surface area contributed by atoms with Gasteiger partial charge in [-0.3, -0.25) is 9.69 Å². The van der Waals surface area contributed by atoms with Crippen molar-refractivity contribution in [1.82, 2.24) is 9.21 Å². The molecule has 0 bridgehead atoms. The third kappa shape index (κ3) is 4.95. The number of carbonyl (C=O) groups excluding carboxylic acids is 1. The minimum absolute atomic E-state index is 0.0800. The van der Waals surface area contributed by atoms with Gasteiger partial charge < -0.3 is 0 Å². The van der Waals surface area contributed by atoms with Gasteiger partial charge in [-0.15, -0.1) is 0 Å². The van der Waals surface area contributed by atoms with E-state index in [1.807, 2.05) is 13.0 Å². The lowest BCUT2D eigenvalue weighted by Crippen LogP contribution is -2.41. The van der Waals surface area contributed by atoms with Gasteiger partial charge in [-0.1, -0.05) is 41.0 Å². The van der Waals surface area contributed by atoms with Gasteiger partial charge in [-0.05, 0) is 48.9 Å². The minimum atomic E-state index is -3.81. The molecule has 0 atom stereocenters. The first-order chi connectivity index (χ1) is 13.7. The van der Waals surface area contributed by atoms with Crippen LogP contribution in [0.25, 0.3) is 0 Å². The van der Waals surface area contributed by atoms with Crippen LogP contribution in [0.3, 0.4) is 0 Å². The van der Waals surface area contributed by atoms with Gasteiger partial charge in [0.15, 0.2) is 5.17 Å². The maximum absolute atomic E-state index is 12.8. The number of carbonyl (C=O) groups is 1. The van der Waals surface area contributed by atoms with E-state index in [2.05, 4.69) is 4.99 Å². The van der Waals surface area contributed by atoms with E-state index in [0.29, 0.717) is 33.2 Å². The molecule has 10 heteroatoms. The number of hydrogen-bond donors (Lipinski definition) is 0. The van der Waals surface area contributed by atoms with Gasteiger partial charge >= 0.3 is 0 Å². The highest BCUT2D eigenvalue weighted by molar-refractivity contribution is 8.14. The second-order valence-corrected chi connectivity index (χ2v) is 10.3. The summed E-state index contributed by atoms with van der Waals surface area (Å²) in [5.41, 5.74) is 1.51. The predicted octanol–water partition coefficient (Wildman–Crippen LogP) is 4.19. The number of likely N-dealkylation sites (N-methyl/N-ethyl adjacent to an activating group) is 1. The molecule has 1 aliphatic heterocycles. The topological polar surface area (TPSA) is 70.1 Å².